The van der Waals surface area contributed by atoms with Crippen molar-refractivity contribution in [2.45, 2.75) is 84.5 Å². The third kappa shape index (κ3) is 3.59. The van der Waals surface area contributed by atoms with E-state index >= 15 is 0 Å². The molecule has 182 valence electrons. The summed E-state index contributed by atoms with van der Waals surface area (Å²) in [6.45, 7) is 10.2. The number of benzene rings is 1. The molecule has 2 heterocycles. The molecule has 1 saturated carbocycles. The molecule has 4 rings (SSSR count). The van der Waals surface area contributed by atoms with Crippen molar-refractivity contribution >= 4 is 11.9 Å². The predicted molar refractivity (Wildman–Crippen MR) is 121 cm³/mol. The van der Waals surface area contributed by atoms with Gasteiger partial charge in [0.2, 0.25) is 0 Å². The van der Waals surface area contributed by atoms with Crippen molar-refractivity contribution in [3.63, 3.8) is 0 Å². The van der Waals surface area contributed by atoms with Gasteiger partial charge in [-0.1, -0.05) is 6.92 Å². The molecule has 33 heavy (non-hydrogen) atoms. The first-order valence-corrected chi connectivity index (χ1v) is 11.7. The molecule has 1 aromatic carbocycles. The summed E-state index contributed by atoms with van der Waals surface area (Å²) in [6, 6.07) is 0. The van der Waals surface area contributed by atoms with Gasteiger partial charge >= 0.3 is 11.9 Å². The van der Waals surface area contributed by atoms with Crippen LogP contribution >= 0.6 is 0 Å². The molecule has 7 heteroatoms. The Morgan fingerprint density at radius 2 is 1.94 bits per heavy atom. The van der Waals surface area contributed by atoms with Crippen LogP contribution in [0.1, 0.15) is 80.4 Å². The first-order chi connectivity index (χ1) is 15.4. The molecule has 0 saturated heterocycles. The molecule has 7 nitrogen and oxygen atoms in total. The lowest BCUT2D eigenvalue weighted by Crippen LogP contribution is -2.61. The fourth-order valence-corrected chi connectivity index (χ4v) is 6.96. The average molecular weight is 461 g/mol. The van der Waals surface area contributed by atoms with Crippen molar-refractivity contribution in [2.24, 2.45) is 17.3 Å². The molecular weight excluding hydrogens is 424 g/mol. The highest BCUT2D eigenvalue weighted by molar-refractivity contribution is 5.98. The van der Waals surface area contributed by atoms with E-state index in [9.17, 15) is 14.7 Å². The third-order valence-corrected chi connectivity index (χ3v) is 8.58. The van der Waals surface area contributed by atoms with Crippen LogP contribution < -0.4 is 9.47 Å². The molecule has 1 aliphatic carbocycles. The lowest BCUT2D eigenvalue weighted by molar-refractivity contribution is -0.171. The number of hydrogen-bond donors (Lipinski definition) is 1. The quantitative estimate of drug-likeness (QED) is 0.661. The number of rotatable bonds is 5. The topological polar surface area (TPSA) is 91.3 Å². The minimum atomic E-state index is -0.922. The van der Waals surface area contributed by atoms with Gasteiger partial charge in [0.25, 0.3) is 0 Å². The minimum absolute atomic E-state index is 0.00361. The number of fused-ring (bicyclic) bond motifs is 3. The summed E-state index contributed by atoms with van der Waals surface area (Å²) in [6.07, 6.45) is 3.04. The number of esters is 2. The molecule has 0 aromatic heterocycles. The largest absolute Gasteiger partial charge is 0.495 e. The van der Waals surface area contributed by atoms with Gasteiger partial charge in [0, 0.05) is 23.5 Å². The molecule has 3 aliphatic rings. The van der Waals surface area contributed by atoms with Crippen molar-refractivity contribution < 1.29 is 33.6 Å². The second-order valence-corrected chi connectivity index (χ2v) is 10.9. The predicted octanol–water partition coefficient (Wildman–Crippen LogP) is 4.12. The Hall–Kier alpha value is -2.28. The van der Waals surface area contributed by atoms with E-state index in [1.54, 1.807) is 7.11 Å². The normalized spacial score (nSPS) is 30.5. The molecule has 0 radical (unpaired) electrons. The van der Waals surface area contributed by atoms with Crippen molar-refractivity contribution in [2.75, 3.05) is 14.2 Å². The molecule has 4 atom stereocenters. The van der Waals surface area contributed by atoms with Crippen LogP contribution in [-0.4, -0.2) is 42.5 Å². The van der Waals surface area contributed by atoms with Crippen molar-refractivity contribution in [1.29, 1.82) is 0 Å². The molecule has 1 aromatic rings. The van der Waals surface area contributed by atoms with Crippen LogP contribution in [0.15, 0.2) is 0 Å². The Kier molecular flexibility index (Phi) is 5.71. The minimum Gasteiger partial charge on any atom is -0.495 e. The third-order valence-electron chi connectivity index (χ3n) is 8.58. The highest BCUT2D eigenvalue weighted by Crippen LogP contribution is 2.61. The van der Waals surface area contributed by atoms with Crippen LogP contribution in [0.3, 0.4) is 0 Å². The van der Waals surface area contributed by atoms with E-state index in [1.807, 2.05) is 20.8 Å². The molecule has 2 aliphatic heterocycles. The van der Waals surface area contributed by atoms with Gasteiger partial charge in [-0.25, -0.2) is 4.79 Å². The average Bonchev–Trinajstić information content (AvgIpc) is 3.13. The number of carbonyl (C=O) groups excluding carboxylic acids is 2. The molecule has 0 spiro atoms. The zero-order valence-electron chi connectivity index (χ0n) is 20.8. The Labute approximate surface area is 195 Å². The molecule has 1 fully saturated rings. The summed E-state index contributed by atoms with van der Waals surface area (Å²) >= 11 is 0. The van der Waals surface area contributed by atoms with Crippen LogP contribution in [0.5, 0.6) is 11.5 Å². The van der Waals surface area contributed by atoms with Crippen molar-refractivity contribution in [1.82, 2.24) is 0 Å². The number of ether oxygens (including phenoxy) is 4. The molecule has 0 unspecified atom stereocenters. The second kappa shape index (κ2) is 7.90. The Morgan fingerprint density at radius 3 is 2.55 bits per heavy atom. The van der Waals surface area contributed by atoms with E-state index in [0.29, 0.717) is 24.2 Å². The number of cyclic esters (lactones) is 1. The van der Waals surface area contributed by atoms with E-state index in [-0.39, 0.29) is 36.8 Å². The van der Waals surface area contributed by atoms with Crippen LogP contribution in [0.2, 0.25) is 0 Å². The van der Waals surface area contributed by atoms with Crippen LogP contribution in [0, 0.1) is 24.2 Å². The highest BCUT2D eigenvalue weighted by Gasteiger charge is 2.60. The smallest absolute Gasteiger partial charge is 0.342 e. The second-order valence-electron chi connectivity index (χ2n) is 10.9. The summed E-state index contributed by atoms with van der Waals surface area (Å²) in [5.74, 6) is 0.632. The summed E-state index contributed by atoms with van der Waals surface area (Å²) < 4.78 is 22.8. The number of hydrogen-bond acceptors (Lipinski definition) is 7. The summed E-state index contributed by atoms with van der Waals surface area (Å²) in [5, 5.41) is 11.1. The maximum atomic E-state index is 12.5. The SMILES string of the molecule is COC(=O)CC[C@]1(C)[C@H]2Cc3c(c(C)c4c(c3OC)C(=O)OC4)O[C@@]2(C)CC[C@H]1C(C)(C)O. The van der Waals surface area contributed by atoms with Gasteiger partial charge in [-0.15, -0.1) is 0 Å². The molecular formula is C26H36O7. The summed E-state index contributed by atoms with van der Waals surface area (Å²) in [5.41, 5.74) is 1.31. The maximum absolute atomic E-state index is 12.5. The van der Waals surface area contributed by atoms with E-state index in [4.69, 9.17) is 18.9 Å². The molecule has 0 amide bonds. The van der Waals surface area contributed by atoms with E-state index in [2.05, 4.69) is 13.8 Å². The van der Waals surface area contributed by atoms with E-state index in [1.165, 1.54) is 7.11 Å². The zero-order valence-corrected chi connectivity index (χ0v) is 20.8. The fraction of sp³-hybridized carbons (Fsp3) is 0.692. The number of methoxy groups -OCH3 is 2. The van der Waals surface area contributed by atoms with E-state index < -0.39 is 16.6 Å². The lowest BCUT2D eigenvalue weighted by Gasteiger charge is -2.60. The van der Waals surface area contributed by atoms with Crippen LogP contribution in [-0.2, 0) is 27.3 Å². The van der Waals surface area contributed by atoms with Gasteiger partial charge in [0.1, 0.15) is 29.3 Å². The van der Waals surface area contributed by atoms with Gasteiger partial charge in [-0.05, 0) is 70.3 Å². The van der Waals surface area contributed by atoms with Gasteiger partial charge in [0.05, 0.1) is 19.8 Å². The number of aliphatic hydroxyl groups is 1. The van der Waals surface area contributed by atoms with Gasteiger partial charge < -0.3 is 24.1 Å². The molecule has 0 bridgehead atoms. The standard InChI is InChI=1S/C26H36O7/c1-14-16-13-32-23(28)20(16)22(31-7)15-12-18-25(4,10-9-19(27)30-6)17(24(2,3)29)8-11-26(18,5)33-21(14)15/h17-18,29H,8-13H2,1-7H3/t17-,18+,25-,26-/m0/s1. The van der Waals surface area contributed by atoms with Crippen LogP contribution in [0.25, 0.3) is 0 Å². The maximum Gasteiger partial charge on any atom is 0.342 e. The van der Waals surface area contributed by atoms with E-state index in [0.717, 1.165) is 35.3 Å². The van der Waals surface area contributed by atoms with Crippen LogP contribution in [0.4, 0.5) is 0 Å². The summed E-state index contributed by atoms with van der Waals surface area (Å²) in [4.78, 5) is 24.6. The van der Waals surface area contributed by atoms with Crippen molar-refractivity contribution in [3.8, 4) is 11.5 Å². The van der Waals surface area contributed by atoms with Gasteiger partial charge in [0.15, 0.2) is 0 Å². The lowest BCUT2D eigenvalue weighted by atomic mass is 9.49. The number of carbonyl (C=O) groups is 2. The summed E-state index contributed by atoms with van der Waals surface area (Å²) in [7, 11) is 2.97. The monoisotopic (exact) mass is 460 g/mol. The Balaban J connectivity index is 1.86. The first-order valence-electron chi connectivity index (χ1n) is 11.7. The highest BCUT2D eigenvalue weighted by atomic mass is 16.5. The van der Waals surface area contributed by atoms with Gasteiger partial charge in [-0.3, -0.25) is 4.79 Å². The Bertz CT molecular complexity index is 992. The molecule has 1 N–H and O–H groups in total. The van der Waals surface area contributed by atoms with Crippen molar-refractivity contribution in [3.05, 3.63) is 22.3 Å². The Morgan fingerprint density at radius 1 is 1.24 bits per heavy atom. The van der Waals surface area contributed by atoms with Gasteiger partial charge in [-0.2, -0.15) is 0 Å². The zero-order chi connectivity index (χ0) is 24.3. The first kappa shape index (κ1) is 23.9. The fourth-order valence-electron chi connectivity index (χ4n) is 6.96.